The molecule has 2 amide bonds. The first-order chi connectivity index (χ1) is 11.0. The Labute approximate surface area is 137 Å². The summed E-state index contributed by atoms with van der Waals surface area (Å²) in [6.07, 6.45) is 4.18. The molecule has 0 radical (unpaired) electrons. The first-order valence-electron chi connectivity index (χ1n) is 8.47. The fourth-order valence-electron chi connectivity index (χ4n) is 3.13. The second kappa shape index (κ2) is 6.60. The number of nitrogens with two attached hydrogens (primary N) is 1. The monoisotopic (exact) mass is 315 g/mol. The van der Waals surface area contributed by atoms with Crippen LogP contribution in [-0.2, 0) is 4.79 Å². The van der Waals surface area contributed by atoms with Crippen LogP contribution in [-0.4, -0.2) is 36.3 Å². The van der Waals surface area contributed by atoms with Gasteiger partial charge in [-0.3, -0.25) is 9.59 Å². The highest BCUT2D eigenvalue weighted by atomic mass is 16.2. The van der Waals surface area contributed by atoms with Gasteiger partial charge in [0, 0.05) is 30.9 Å². The van der Waals surface area contributed by atoms with Crippen molar-refractivity contribution >= 4 is 17.5 Å². The highest BCUT2D eigenvalue weighted by molar-refractivity contribution is 5.97. The Morgan fingerprint density at radius 2 is 2.09 bits per heavy atom. The third-order valence-electron chi connectivity index (χ3n) is 4.83. The lowest BCUT2D eigenvalue weighted by molar-refractivity contribution is -0.126. The molecule has 124 valence electrons. The molecule has 5 heteroatoms. The maximum atomic E-state index is 12.8. The first kappa shape index (κ1) is 15.8. The van der Waals surface area contributed by atoms with Gasteiger partial charge >= 0.3 is 0 Å². The molecular formula is C18H25N3O2. The number of nitrogens with zero attached hydrogens (tertiary/aromatic N) is 1. The number of anilines is 1. The highest BCUT2D eigenvalue weighted by Gasteiger charge is 2.30. The molecule has 3 rings (SSSR count). The SMILES string of the molecule is Cc1ccc(N)cc1C(=O)N1CCCC(C(=O)NCC2CC2)C1. The number of carbonyl (C=O) groups excluding carboxylic acids is 2. The van der Waals surface area contributed by atoms with Crippen LogP contribution in [0.25, 0.3) is 0 Å². The van der Waals surface area contributed by atoms with Crippen molar-refractivity contribution in [1.29, 1.82) is 0 Å². The minimum atomic E-state index is -0.0900. The van der Waals surface area contributed by atoms with Gasteiger partial charge in [-0.25, -0.2) is 0 Å². The van der Waals surface area contributed by atoms with Gasteiger partial charge in [0.05, 0.1) is 5.92 Å². The van der Waals surface area contributed by atoms with Crippen molar-refractivity contribution in [1.82, 2.24) is 10.2 Å². The molecule has 5 nitrogen and oxygen atoms in total. The summed E-state index contributed by atoms with van der Waals surface area (Å²) in [5, 5.41) is 3.04. The van der Waals surface area contributed by atoms with Crippen LogP contribution >= 0.6 is 0 Å². The van der Waals surface area contributed by atoms with Crippen molar-refractivity contribution in [3.63, 3.8) is 0 Å². The third kappa shape index (κ3) is 3.84. The van der Waals surface area contributed by atoms with E-state index in [0.29, 0.717) is 30.3 Å². The molecule has 1 aliphatic heterocycles. The van der Waals surface area contributed by atoms with Gasteiger partial charge in [-0.05, 0) is 56.2 Å². The average Bonchev–Trinajstić information content (AvgIpc) is 3.38. The highest BCUT2D eigenvalue weighted by Crippen LogP contribution is 2.28. The van der Waals surface area contributed by atoms with E-state index in [-0.39, 0.29) is 17.7 Å². The van der Waals surface area contributed by atoms with Crippen LogP contribution in [0.15, 0.2) is 18.2 Å². The lowest BCUT2D eigenvalue weighted by Crippen LogP contribution is -2.45. The van der Waals surface area contributed by atoms with Crippen molar-refractivity contribution in [2.45, 2.75) is 32.6 Å². The lowest BCUT2D eigenvalue weighted by Gasteiger charge is -2.32. The van der Waals surface area contributed by atoms with Gasteiger partial charge in [-0.15, -0.1) is 0 Å². The Bertz CT molecular complexity index is 610. The van der Waals surface area contributed by atoms with E-state index in [1.165, 1.54) is 12.8 Å². The van der Waals surface area contributed by atoms with Crippen LogP contribution in [0.4, 0.5) is 5.69 Å². The topological polar surface area (TPSA) is 75.4 Å². The van der Waals surface area contributed by atoms with Crippen LogP contribution in [0.5, 0.6) is 0 Å². The molecule has 1 aromatic carbocycles. The zero-order valence-electron chi connectivity index (χ0n) is 13.7. The Balaban J connectivity index is 1.63. The van der Waals surface area contributed by atoms with E-state index >= 15 is 0 Å². The molecule has 2 aliphatic rings. The van der Waals surface area contributed by atoms with Crippen LogP contribution in [0.2, 0.25) is 0 Å². The molecule has 0 bridgehead atoms. The van der Waals surface area contributed by atoms with Crippen LogP contribution < -0.4 is 11.1 Å². The number of rotatable bonds is 4. The molecule has 1 atom stereocenters. The largest absolute Gasteiger partial charge is 0.399 e. The summed E-state index contributed by atoms with van der Waals surface area (Å²) < 4.78 is 0. The van der Waals surface area contributed by atoms with E-state index in [1.54, 1.807) is 17.0 Å². The summed E-state index contributed by atoms with van der Waals surface area (Å²) in [4.78, 5) is 26.8. The molecule has 1 aliphatic carbocycles. The maximum absolute atomic E-state index is 12.8. The fraction of sp³-hybridized carbons (Fsp3) is 0.556. The van der Waals surface area contributed by atoms with Crippen molar-refractivity contribution in [2.75, 3.05) is 25.4 Å². The Kier molecular flexibility index (Phi) is 4.55. The molecule has 3 N–H and O–H groups in total. The van der Waals surface area contributed by atoms with Crippen LogP contribution in [0, 0.1) is 18.8 Å². The number of nitrogens with one attached hydrogen (secondary N) is 1. The second-order valence-corrected chi connectivity index (χ2v) is 6.85. The van der Waals surface area contributed by atoms with E-state index in [9.17, 15) is 9.59 Å². The second-order valence-electron chi connectivity index (χ2n) is 6.85. The lowest BCUT2D eigenvalue weighted by atomic mass is 9.96. The molecule has 23 heavy (non-hydrogen) atoms. The summed E-state index contributed by atoms with van der Waals surface area (Å²) in [6.45, 7) is 3.91. The van der Waals surface area contributed by atoms with E-state index in [2.05, 4.69) is 5.32 Å². The van der Waals surface area contributed by atoms with Gasteiger partial charge in [0.15, 0.2) is 0 Å². The molecule has 1 saturated heterocycles. The number of likely N-dealkylation sites (tertiary alicyclic amines) is 1. The number of benzene rings is 1. The summed E-state index contributed by atoms with van der Waals surface area (Å²) in [5.74, 6) is 0.663. The normalized spacial score (nSPS) is 21.1. The van der Waals surface area contributed by atoms with E-state index in [4.69, 9.17) is 5.73 Å². The number of carbonyl (C=O) groups is 2. The quantitative estimate of drug-likeness (QED) is 0.834. The van der Waals surface area contributed by atoms with Gasteiger partial charge in [-0.2, -0.15) is 0 Å². The zero-order chi connectivity index (χ0) is 16.4. The Hall–Kier alpha value is -2.04. The number of nitrogen functional groups attached to an aromatic ring is 1. The van der Waals surface area contributed by atoms with E-state index in [0.717, 1.165) is 24.9 Å². The minimum absolute atomic E-state index is 0.0190. The van der Waals surface area contributed by atoms with Crippen molar-refractivity contribution in [2.24, 2.45) is 11.8 Å². The predicted molar refractivity (Wildman–Crippen MR) is 90.0 cm³/mol. The molecule has 1 saturated carbocycles. The molecule has 0 spiro atoms. The summed E-state index contributed by atoms with van der Waals surface area (Å²) in [6, 6.07) is 5.40. The molecule has 1 heterocycles. The Morgan fingerprint density at radius 3 is 2.83 bits per heavy atom. The number of piperidine rings is 1. The average molecular weight is 315 g/mol. The third-order valence-corrected chi connectivity index (χ3v) is 4.83. The van der Waals surface area contributed by atoms with Gasteiger partial charge in [0.25, 0.3) is 5.91 Å². The standard InChI is InChI=1S/C18H25N3O2/c1-12-4-7-15(19)9-16(12)18(23)21-8-2-3-14(11-21)17(22)20-10-13-5-6-13/h4,7,9,13-14H,2-3,5-6,8,10-11,19H2,1H3,(H,20,22). The molecule has 1 unspecified atom stereocenters. The van der Waals surface area contributed by atoms with Crippen molar-refractivity contribution in [3.05, 3.63) is 29.3 Å². The molecule has 2 fully saturated rings. The van der Waals surface area contributed by atoms with Gasteiger partial charge in [-0.1, -0.05) is 6.07 Å². The number of aryl methyl sites for hydroxylation is 1. The van der Waals surface area contributed by atoms with Gasteiger partial charge in [0.1, 0.15) is 0 Å². The summed E-state index contributed by atoms with van der Waals surface area (Å²) >= 11 is 0. The van der Waals surface area contributed by atoms with Crippen LogP contribution in [0.1, 0.15) is 41.6 Å². The molecule has 0 aromatic heterocycles. The van der Waals surface area contributed by atoms with E-state index < -0.39 is 0 Å². The number of hydrogen-bond donors (Lipinski definition) is 2. The van der Waals surface area contributed by atoms with Crippen molar-refractivity contribution < 1.29 is 9.59 Å². The summed E-state index contributed by atoms with van der Waals surface area (Å²) in [7, 11) is 0. The van der Waals surface area contributed by atoms with Gasteiger partial charge in [0.2, 0.25) is 5.91 Å². The maximum Gasteiger partial charge on any atom is 0.254 e. The molecular weight excluding hydrogens is 290 g/mol. The number of amides is 2. The van der Waals surface area contributed by atoms with E-state index in [1.807, 2.05) is 13.0 Å². The zero-order valence-corrected chi connectivity index (χ0v) is 13.7. The minimum Gasteiger partial charge on any atom is -0.399 e. The van der Waals surface area contributed by atoms with Gasteiger partial charge < -0.3 is 16.0 Å². The first-order valence-corrected chi connectivity index (χ1v) is 8.47. The fourth-order valence-corrected chi connectivity index (χ4v) is 3.13. The number of hydrogen-bond acceptors (Lipinski definition) is 3. The summed E-state index contributed by atoms with van der Waals surface area (Å²) in [5.41, 5.74) is 7.97. The molecule has 1 aromatic rings. The van der Waals surface area contributed by atoms with Crippen LogP contribution in [0.3, 0.4) is 0 Å². The Morgan fingerprint density at radius 1 is 1.30 bits per heavy atom. The van der Waals surface area contributed by atoms with Crippen molar-refractivity contribution in [3.8, 4) is 0 Å². The predicted octanol–water partition coefficient (Wildman–Crippen LogP) is 1.96. The smallest absolute Gasteiger partial charge is 0.254 e.